The second-order valence-corrected chi connectivity index (χ2v) is 5.44. The van der Waals surface area contributed by atoms with Gasteiger partial charge in [0.05, 0.1) is 12.3 Å². The fourth-order valence-electron chi connectivity index (χ4n) is 2.56. The van der Waals surface area contributed by atoms with Gasteiger partial charge in [-0.15, -0.1) is 0 Å². The van der Waals surface area contributed by atoms with Crippen molar-refractivity contribution in [3.05, 3.63) is 24.2 Å². The largest absolute Gasteiger partial charge is 0.468 e. The van der Waals surface area contributed by atoms with Crippen LogP contribution in [0.4, 0.5) is 0 Å². The summed E-state index contributed by atoms with van der Waals surface area (Å²) in [4.78, 5) is 14.0. The molecule has 0 aliphatic heterocycles. The Bertz CT molecular complexity index is 408. The zero-order valence-corrected chi connectivity index (χ0v) is 11.6. The topological polar surface area (TPSA) is 65.7 Å². The molecule has 0 radical (unpaired) electrons. The van der Waals surface area contributed by atoms with Gasteiger partial charge in [0, 0.05) is 6.54 Å². The minimum atomic E-state index is -1.17. The second kappa shape index (κ2) is 5.75. The molecule has 0 saturated heterocycles. The molecule has 1 amide bonds. The van der Waals surface area contributed by atoms with Crippen molar-refractivity contribution in [1.82, 2.24) is 10.2 Å². The molecule has 1 aromatic rings. The molecule has 1 aliphatic rings. The Morgan fingerprint density at radius 3 is 2.74 bits per heavy atom. The van der Waals surface area contributed by atoms with Gasteiger partial charge in [-0.25, -0.2) is 0 Å². The molecule has 19 heavy (non-hydrogen) atoms. The van der Waals surface area contributed by atoms with Gasteiger partial charge in [-0.2, -0.15) is 0 Å². The summed E-state index contributed by atoms with van der Waals surface area (Å²) >= 11 is 0. The molecule has 2 N–H and O–H groups in total. The predicted octanol–water partition coefficient (Wildman–Crippen LogP) is 1.30. The molecule has 2 rings (SSSR count). The molecule has 1 heterocycles. The number of amides is 1. The van der Waals surface area contributed by atoms with E-state index in [1.165, 1.54) is 0 Å². The van der Waals surface area contributed by atoms with Crippen LogP contribution in [-0.2, 0) is 4.79 Å². The van der Waals surface area contributed by atoms with E-state index < -0.39 is 5.60 Å². The van der Waals surface area contributed by atoms with Gasteiger partial charge in [0.1, 0.15) is 11.4 Å². The van der Waals surface area contributed by atoms with Crippen molar-refractivity contribution in [3.8, 4) is 0 Å². The summed E-state index contributed by atoms with van der Waals surface area (Å²) < 4.78 is 5.38. The lowest BCUT2D eigenvalue weighted by atomic mass is 10.0. The van der Waals surface area contributed by atoms with Gasteiger partial charge < -0.3 is 14.8 Å². The number of nitrogens with one attached hydrogen (secondary N) is 1. The third-order valence-corrected chi connectivity index (χ3v) is 3.80. The van der Waals surface area contributed by atoms with Gasteiger partial charge in [-0.1, -0.05) is 0 Å². The van der Waals surface area contributed by atoms with Gasteiger partial charge in [0.25, 0.3) is 5.91 Å². The number of hydrogen-bond donors (Lipinski definition) is 2. The summed E-state index contributed by atoms with van der Waals surface area (Å²) in [6.07, 6.45) is 4.58. The van der Waals surface area contributed by atoms with E-state index in [4.69, 9.17) is 4.42 Å². The van der Waals surface area contributed by atoms with Crippen molar-refractivity contribution in [3.63, 3.8) is 0 Å². The summed E-state index contributed by atoms with van der Waals surface area (Å²) in [6.45, 7) is 0.432. The molecular weight excluding hydrogens is 244 g/mol. The molecule has 0 spiro atoms. The lowest BCUT2D eigenvalue weighted by Gasteiger charge is -2.26. The highest BCUT2D eigenvalue weighted by molar-refractivity contribution is 5.85. The van der Waals surface area contributed by atoms with Gasteiger partial charge in [0.15, 0.2) is 0 Å². The van der Waals surface area contributed by atoms with E-state index in [-0.39, 0.29) is 11.9 Å². The molecule has 0 aromatic carbocycles. The van der Waals surface area contributed by atoms with E-state index in [1.807, 2.05) is 31.1 Å². The highest BCUT2D eigenvalue weighted by Crippen LogP contribution is 2.29. The highest BCUT2D eigenvalue weighted by atomic mass is 16.3. The average molecular weight is 266 g/mol. The maximum atomic E-state index is 12.1. The van der Waals surface area contributed by atoms with Crippen molar-refractivity contribution >= 4 is 5.91 Å². The van der Waals surface area contributed by atoms with Crippen LogP contribution in [0.2, 0.25) is 0 Å². The van der Waals surface area contributed by atoms with Gasteiger partial charge in [0.2, 0.25) is 0 Å². The fourth-order valence-corrected chi connectivity index (χ4v) is 2.56. The second-order valence-electron chi connectivity index (χ2n) is 5.44. The van der Waals surface area contributed by atoms with Crippen molar-refractivity contribution in [2.75, 3.05) is 20.6 Å². The Morgan fingerprint density at radius 2 is 2.21 bits per heavy atom. The molecule has 5 heteroatoms. The zero-order chi connectivity index (χ0) is 13.9. The lowest BCUT2D eigenvalue weighted by molar-refractivity contribution is -0.139. The summed E-state index contributed by atoms with van der Waals surface area (Å²) in [6, 6.07) is 3.70. The van der Waals surface area contributed by atoms with Crippen molar-refractivity contribution in [1.29, 1.82) is 0 Å². The van der Waals surface area contributed by atoms with Crippen LogP contribution in [0.5, 0.6) is 0 Å². The van der Waals surface area contributed by atoms with Crippen LogP contribution in [0, 0.1) is 0 Å². The normalized spacial score (nSPS) is 19.6. The van der Waals surface area contributed by atoms with Crippen LogP contribution in [0.3, 0.4) is 0 Å². The van der Waals surface area contributed by atoms with Crippen LogP contribution in [0.15, 0.2) is 22.8 Å². The summed E-state index contributed by atoms with van der Waals surface area (Å²) in [5, 5.41) is 13.0. The first-order chi connectivity index (χ1) is 9.03. The number of nitrogens with zero attached hydrogens (tertiary/aromatic N) is 1. The third kappa shape index (κ3) is 3.16. The number of carbonyl (C=O) groups is 1. The molecule has 106 valence electrons. The van der Waals surface area contributed by atoms with E-state index in [2.05, 4.69) is 5.32 Å². The lowest BCUT2D eigenvalue weighted by Crippen LogP contribution is -2.47. The monoisotopic (exact) mass is 266 g/mol. The molecule has 5 nitrogen and oxygen atoms in total. The van der Waals surface area contributed by atoms with Crippen LogP contribution >= 0.6 is 0 Å². The van der Waals surface area contributed by atoms with Crippen molar-refractivity contribution < 1.29 is 14.3 Å². The van der Waals surface area contributed by atoms with Crippen molar-refractivity contribution in [2.24, 2.45) is 0 Å². The fraction of sp³-hybridized carbons (Fsp3) is 0.643. The van der Waals surface area contributed by atoms with Crippen molar-refractivity contribution in [2.45, 2.75) is 37.3 Å². The molecule has 1 aromatic heterocycles. The Morgan fingerprint density at radius 1 is 1.53 bits per heavy atom. The summed E-state index contributed by atoms with van der Waals surface area (Å²) in [7, 11) is 3.87. The van der Waals surface area contributed by atoms with Crippen LogP contribution in [0.25, 0.3) is 0 Å². The molecule has 1 atom stereocenters. The number of hydrogen-bond acceptors (Lipinski definition) is 4. The number of carbonyl (C=O) groups excluding carboxylic acids is 1. The molecule has 1 fully saturated rings. The maximum absolute atomic E-state index is 12.1. The Balaban J connectivity index is 1.94. The summed E-state index contributed by atoms with van der Waals surface area (Å²) in [5.41, 5.74) is -1.17. The van der Waals surface area contributed by atoms with E-state index in [1.54, 1.807) is 6.26 Å². The number of aliphatic hydroxyl groups is 1. The van der Waals surface area contributed by atoms with Gasteiger partial charge >= 0.3 is 0 Å². The van der Waals surface area contributed by atoms with E-state index >= 15 is 0 Å². The number of furan rings is 1. The first kappa shape index (κ1) is 14.1. The molecule has 0 bridgehead atoms. The molecule has 1 saturated carbocycles. The predicted molar refractivity (Wildman–Crippen MR) is 71.6 cm³/mol. The van der Waals surface area contributed by atoms with Crippen LogP contribution < -0.4 is 5.32 Å². The minimum absolute atomic E-state index is 0.0241. The van der Waals surface area contributed by atoms with Crippen LogP contribution in [-0.4, -0.2) is 42.2 Å². The average Bonchev–Trinajstić information content (AvgIpc) is 3.01. The first-order valence-corrected chi connectivity index (χ1v) is 6.73. The van der Waals surface area contributed by atoms with Gasteiger partial charge in [-0.3, -0.25) is 9.69 Å². The zero-order valence-electron chi connectivity index (χ0n) is 11.6. The minimum Gasteiger partial charge on any atom is -0.468 e. The first-order valence-electron chi connectivity index (χ1n) is 6.73. The Labute approximate surface area is 113 Å². The van der Waals surface area contributed by atoms with E-state index in [0.717, 1.165) is 18.6 Å². The SMILES string of the molecule is CN(C)C(CNC(=O)C1(O)CCCC1)c1ccco1. The quantitative estimate of drug-likeness (QED) is 0.843. The number of rotatable bonds is 5. The summed E-state index contributed by atoms with van der Waals surface area (Å²) in [5.74, 6) is 0.548. The van der Waals surface area contributed by atoms with Gasteiger partial charge in [-0.05, 0) is 51.9 Å². The van der Waals surface area contributed by atoms with E-state index in [0.29, 0.717) is 19.4 Å². The molecule has 1 aliphatic carbocycles. The third-order valence-electron chi connectivity index (χ3n) is 3.80. The van der Waals surface area contributed by atoms with E-state index in [9.17, 15) is 9.90 Å². The highest BCUT2D eigenvalue weighted by Gasteiger charge is 2.38. The standard InChI is InChI=1S/C14H22N2O3/c1-16(2)11(12-6-5-9-19-12)10-15-13(17)14(18)7-3-4-8-14/h5-6,9,11,18H,3-4,7-8,10H2,1-2H3,(H,15,17). The van der Waals surface area contributed by atoms with Crippen LogP contribution in [0.1, 0.15) is 37.5 Å². The Kier molecular flexibility index (Phi) is 4.27. The smallest absolute Gasteiger partial charge is 0.252 e. The molecular formula is C14H22N2O3. The Hall–Kier alpha value is -1.33. The number of likely N-dealkylation sites (N-methyl/N-ethyl adjacent to an activating group) is 1. The maximum Gasteiger partial charge on any atom is 0.252 e. The molecule has 1 unspecified atom stereocenters.